The molecule has 0 aromatic heterocycles. The monoisotopic (exact) mass is 392 g/mol. The van der Waals surface area contributed by atoms with Gasteiger partial charge in [-0.05, 0) is 18.9 Å². The fraction of sp³-hybridized carbons (Fsp3) is 0.778. The highest BCUT2D eigenvalue weighted by Gasteiger charge is 2.35. The van der Waals surface area contributed by atoms with Gasteiger partial charge in [0, 0.05) is 0 Å². The SMILES string of the molecule is CC/C=C/OC(=O)CC(C(=O)OCCCCCCCCCC)S(=O)(=O)O. The summed E-state index contributed by atoms with van der Waals surface area (Å²) >= 11 is 0. The third-order valence-corrected chi connectivity index (χ3v) is 4.83. The number of hydrogen-bond acceptors (Lipinski definition) is 6. The summed E-state index contributed by atoms with van der Waals surface area (Å²) in [7, 11) is -4.75. The number of esters is 2. The molecule has 0 fully saturated rings. The summed E-state index contributed by atoms with van der Waals surface area (Å²) in [6, 6.07) is 0. The maximum Gasteiger partial charge on any atom is 0.327 e. The van der Waals surface area contributed by atoms with Gasteiger partial charge >= 0.3 is 11.9 Å². The number of carbonyl (C=O) groups is 2. The zero-order valence-electron chi connectivity index (χ0n) is 15.8. The van der Waals surface area contributed by atoms with Crippen molar-refractivity contribution < 1.29 is 32.0 Å². The summed E-state index contributed by atoms with van der Waals surface area (Å²) in [5, 5.41) is -1.96. The van der Waals surface area contributed by atoms with E-state index in [0.717, 1.165) is 25.5 Å². The van der Waals surface area contributed by atoms with Crippen LogP contribution < -0.4 is 0 Å². The lowest BCUT2D eigenvalue weighted by Crippen LogP contribution is -2.34. The standard InChI is InChI=1S/C18H32O7S/c1-3-5-7-8-9-10-11-12-14-25-18(20)16(26(21,22)23)15-17(19)24-13-6-4-2/h6,13,16H,3-5,7-12,14-15H2,1-2H3,(H,21,22,23)/b13-6+. The molecular weight excluding hydrogens is 360 g/mol. The minimum atomic E-state index is -4.75. The molecule has 7 nitrogen and oxygen atoms in total. The Labute approximate surface area is 156 Å². The number of unbranched alkanes of at least 4 members (excludes halogenated alkanes) is 7. The van der Waals surface area contributed by atoms with E-state index in [0.29, 0.717) is 12.8 Å². The summed E-state index contributed by atoms with van der Waals surface area (Å²) in [5.41, 5.74) is 0. The molecule has 0 spiro atoms. The average Bonchev–Trinajstić information content (AvgIpc) is 2.57. The van der Waals surface area contributed by atoms with Crippen LogP contribution in [-0.4, -0.2) is 36.8 Å². The second kappa shape index (κ2) is 14.7. The fourth-order valence-electron chi connectivity index (χ4n) is 2.23. The van der Waals surface area contributed by atoms with Crippen molar-refractivity contribution in [1.82, 2.24) is 0 Å². The quantitative estimate of drug-likeness (QED) is 0.195. The van der Waals surface area contributed by atoms with Gasteiger partial charge in [-0.1, -0.05) is 58.8 Å². The van der Waals surface area contributed by atoms with Gasteiger partial charge in [-0.25, -0.2) is 0 Å². The molecule has 0 aromatic rings. The third-order valence-electron chi connectivity index (χ3n) is 3.75. The predicted octanol–water partition coefficient (Wildman–Crippen LogP) is 3.78. The number of rotatable bonds is 15. The molecule has 1 N–H and O–H groups in total. The Morgan fingerprint density at radius 3 is 2.12 bits per heavy atom. The molecule has 0 radical (unpaired) electrons. The van der Waals surface area contributed by atoms with Crippen molar-refractivity contribution >= 4 is 22.1 Å². The van der Waals surface area contributed by atoms with E-state index >= 15 is 0 Å². The molecule has 0 aliphatic heterocycles. The first kappa shape index (κ1) is 24.6. The first-order valence-electron chi connectivity index (χ1n) is 9.30. The smallest absolute Gasteiger partial charge is 0.327 e. The van der Waals surface area contributed by atoms with Crippen molar-refractivity contribution in [3.05, 3.63) is 12.3 Å². The Kier molecular flexibility index (Phi) is 13.9. The molecule has 0 amide bonds. The summed E-state index contributed by atoms with van der Waals surface area (Å²) in [5.74, 6) is -2.06. The largest absolute Gasteiger partial charge is 0.465 e. The first-order chi connectivity index (χ1) is 12.3. The van der Waals surface area contributed by atoms with E-state index in [1.807, 2.05) is 6.92 Å². The Morgan fingerprint density at radius 1 is 1.00 bits per heavy atom. The molecule has 0 rings (SSSR count). The first-order valence-corrected chi connectivity index (χ1v) is 10.8. The van der Waals surface area contributed by atoms with Crippen LogP contribution in [0.3, 0.4) is 0 Å². The van der Waals surface area contributed by atoms with E-state index in [4.69, 9.17) is 9.29 Å². The minimum absolute atomic E-state index is 0.0601. The average molecular weight is 393 g/mol. The highest BCUT2D eigenvalue weighted by Crippen LogP contribution is 2.11. The fourth-order valence-corrected chi connectivity index (χ4v) is 2.89. The molecule has 0 bridgehead atoms. The molecule has 0 aromatic carbocycles. The van der Waals surface area contributed by atoms with E-state index in [9.17, 15) is 18.0 Å². The van der Waals surface area contributed by atoms with Crippen LogP contribution in [-0.2, 0) is 29.2 Å². The van der Waals surface area contributed by atoms with Gasteiger partial charge in [-0.15, -0.1) is 0 Å². The number of carbonyl (C=O) groups excluding carboxylic acids is 2. The molecule has 0 saturated carbocycles. The highest BCUT2D eigenvalue weighted by atomic mass is 32.2. The van der Waals surface area contributed by atoms with Crippen LogP contribution in [0, 0.1) is 0 Å². The molecule has 0 aliphatic carbocycles. The Bertz CT molecular complexity index is 526. The lowest BCUT2D eigenvalue weighted by atomic mass is 10.1. The maximum absolute atomic E-state index is 11.9. The normalized spacial score (nSPS) is 12.9. The van der Waals surface area contributed by atoms with Crippen molar-refractivity contribution in [1.29, 1.82) is 0 Å². The van der Waals surface area contributed by atoms with E-state index in [-0.39, 0.29) is 6.61 Å². The second-order valence-corrected chi connectivity index (χ2v) is 7.72. The zero-order chi connectivity index (χ0) is 19.8. The molecule has 152 valence electrons. The highest BCUT2D eigenvalue weighted by molar-refractivity contribution is 7.87. The molecule has 0 heterocycles. The summed E-state index contributed by atoms with van der Waals surface area (Å²) < 4.78 is 41.4. The molecule has 1 unspecified atom stereocenters. The van der Waals surface area contributed by atoms with Crippen molar-refractivity contribution in [2.75, 3.05) is 6.61 Å². The zero-order valence-corrected chi connectivity index (χ0v) is 16.6. The van der Waals surface area contributed by atoms with Gasteiger partial charge in [0.15, 0.2) is 5.25 Å². The van der Waals surface area contributed by atoms with Crippen LogP contribution in [0.4, 0.5) is 0 Å². The summed E-state index contributed by atoms with van der Waals surface area (Å²) in [6.07, 6.45) is 11.0. The van der Waals surface area contributed by atoms with Gasteiger partial charge in [-0.3, -0.25) is 14.1 Å². The van der Waals surface area contributed by atoms with E-state index < -0.39 is 33.7 Å². The molecule has 1 atom stereocenters. The van der Waals surface area contributed by atoms with Gasteiger partial charge < -0.3 is 9.47 Å². The van der Waals surface area contributed by atoms with Gasteiger partial charge in [-0.2, -0.15) is 8.42 Å². The van der Waals surface area contributed by atoms with Gasteiger partial charge in [0.25, 0.3) is 10.1 Å². The van der Waals surface area contributed by atoms with Crippen molar-refractivity contribution in [2.24, 2.45) is 0 Å². The van der Waals surface area contributed by atoms with E-state index in [2.05, 4.69) is 11.7 Å². The lowest BCUT2D eigenvalue weighted by Gasteiger charge is -2.12. The Balaban J connectivity index is 4.17. The van der Waals surface area contributed by atoms with Crippen LogP contribution in [0.5, 0.6) is 0 Å². The van der Waals surface area contributed by atoms with Crippen LogP contribution in [0.2, 0.25) is 0 Å². The van der Waals surface area contributed by atoms with Gasteiger partial charge in [0.1, 0.15) is 0 Å². The van der Waals surface area contributed by atoms with Gasteiger partial charge in [0.05, 0.1) is 19.3 Å². The van der Waals surface area contributed by atoms with Crippen molar-refractivity contribution in [3.63, 3.8) is 0 Å². The van der Waals surface area contributed by atoms with Gasteiger partial charge in [0.2, 0.25) is 0 Å². The Hall–Kier alpha value is -1.41. The predicted molar refractivity (Wildman–Crippen MR) is 99.0 cm³/mol. The van der Waals surface area contributed by atoms with Crippen LogP contribution in [0.1, 0.15) is 78.1 Å². The number of hydrogen-bond donors (Lipinski definition) is 1. The van der Waals surface area contributed by atoms with E-state index in [1.54, 1.807) is 6.08 Å². The third kappa shape index (κ3) is 12.9. The van der Waals surface area contributed by atoms with Crippen LogP contribution in [0.15, 0.2) is 12.3 Å². The van der Waals surface area contributed by atoms with Crippen molar-refractivity contribution in [2.45, 2.75) is 83.3 Å². The molecule has 0 aliphatic rings. The molecule has 0 saturated heterocycles. The maximum atomic E-state index is 11.9. The number of allylic oxidation sites excluding steroid dienone is 1. The molecule has 8 heteroatoms. The van der Waals surface area contributed by atoms with Crippen molar-refractivity contribution in [3.8, 4) is 0 Å². The van der Waals surface area contributed by atoms with Crippen LogP contribution in [0.25, 0.3) is 0 Å². The Morgan fingerprint density at radius 2 is 1.58 bits per heavy atom. The minimum Gasteiger partial charge on any atom is -0.465 e. The van der Waals surface area contributed by atoms with E-state index in [1.165, 1.54) is 25.7 Å². The molecular formula is C18H32O7S. The second-order valence-electron chi connectivity index (χ2n) is 6.12. The molecule has 26 heavy (non-hydrogen) atoms. The van der Waals surface area contributed by atoms with Crippen LogP contribution >= 0.6 is 0 Å². The summed E-state index contributed by atoms with van der Waals surface area (Å²) in [6.45, 7) is 4.05. The topological polar surface area (TPSA) is 107 Å². The summed E-state index contributed by atoms with van der Waals surface area (Å²) in [4.78, 5) is 23.4. The lowest BCUT2D eigenvalue weighted by molar-refractivity contribution is -0.147. The number of ether oxygens (including phenoxy) is 2.